The summed E-state index contributed by atoms with van der Waals surface area (Å²) in [5.74, 6) is -0.138. The standard InChI is InChI=1S/C25H29FN6O2/c1-15(2)8-10-25(27,11-9-16(3)4)24-29-22(30-34-24)21-20-13-31(5)23(33)18-12-17(26)6-7-19(18)32(20)14-28-21/h6-9,12,14H,10-11,13,27H2,1-5H3. The second kappa shape index (κ2) is 8.98. The van der Waals surface area contributed by atoms with Crippen LogP contribution in [0.4, 0.5) is 4.39 Å². The minimum Gasteiger partial charge on any atom is -0.337 e. The lowest BCUT2D eigenvalue weighted by Crippen LogP contribution is -2.36. The molecule has 1 aliphatic heterocycles. The normalized spacial score (nSPS) is 13.3. The lowest BCUT2D eigenvalue weighted by molar-refractivity contribution is 0.0787. The number of carbonyl (C=O) groups excluding carboxylic acids is 1. The van der Waals surface area contributed by atoms with Gasteiger partial charge in [0.05, 0.1) is 23.5 Å². The van der Waals surface area contributed by atoms with Crippen LogP contribution < -0.4 is 5.73 Å². The molecule has 2 N–H and O–H groups in total. The Morgan fingerprint density at radius 2 is 1.88 bits per heavy atom. The molecule has 4 rings (SSSR count). The van der Waals surface area contributed by atoms with Crippen molar-refractivity contribution < 1.29 is 13.7 Å². The molecule has 3 heterocycles. The Kier molecular flexibility index (Phi) is 6.22. The molecule has 0 atom stereocenters. The summed E-state index contributed by atoms with van der Waals surface area (Å²) in [7, 11) is 1.66. The van der Waals surface area contributed by atoms with Crippen LogP contribution in [-0.4, -0.2) is 37.5 Å². The monoisotopic (exact) mass is 464 g/mol. The maximum Gasteiger partial charge on any atom is 0.256 e. The molecular weight excluding hydrogens is 435 g/mol. The third-order valence-electron chi connectivity index (χ3n) is 5.86. The number of hydrogen-bond acceptors (Lipinski definition) is 6. The van der Waals surface area contributed by atoms with E-state index in [1.165, 1.54) is 17.0 Å². The van der Waals surface area contributed by atoms with Crippen LogP contribution >= 0.6 is 0 Å². The summed E-state index contributed by atoms with van der Waals surface area (Å²) in [4.78, 5) is 23.5. The van der Waals surface area contributed by atoms with E-state index in [4.69, 9.17) is 10.3 Å². The molecule has 1 aliphatic rings. The Bertz CT molecular complexity index is 1270. The zero-order chi connectivity index (χ0) is 24.6. The topological polar surface area (TPSA) is 103 Å². The van der Waals surface area contributed by atoms with Crippen LogP contribution in [0.15, 0.2) is 52.3 Å². The van der Waals surface area contributed by atoms with Gasteiger partial charge in [-0.3, -0.25) is 9.36 Å². The van der Waals surface area contributed by atoms with Gasteiger partial charge >= 0.3 is 0 Å². The van der Waals surface area contributed by atoms with Crippen LogP contribution in [0.1, 0.15) is 62.5 Å². The van der Waals surface area contributed by atoms with Gasteiger partial charge in [-0.2, -0.15) is 4.98 Å². The molecule has 0 radical (unpaired) electrons. The molecule has 9 heteroatoms. The first kappa shape index (κ1) is 23.6. The number of halogens is 1. The van der Waals surface area contributed by atoms with Gasteiger partial charge in [0, 0.05) is 7.05 Å². The van der Waals surface area contributed by atoms with E-state index in [9.17, 15) is 9.18 Å². The molecule has 0 fully saturated rings. The molecule has 178 valence electrons. The summed E-state index contributed by atoms with van der Waals surface area (Å²) in [6.45, 7) is 8.31. The highest BCUT2D eigenvalue weighted by molar-refractivity contribution is 5.98. The number of rotatable bonds is 6. The number of nitrogens with zero attached hydrogens (tertiary/aromatic N) is 5. The van der Waals surface area contributed by atoms with Crippen molar-refractivity contribution in [2.24, 2.45) is 5.73 Å². The number of benzene rings is 1. The van der Waals surface area contributed by atoms with Gasteiger partial charge in [0.25, 0.3) is 5.91 Å². The highest BCUT2D eigenvalue weighted by Gasteiger charge is 2.34. The molecule has 0 saturated heterocycles. The van der Waals surface area contributed by atoms with Gasteiger partial charge in [-0.05, 0) is 58.7 Å². The van der Waals surface area contributed by atoms with Gasteiger partial charge < -0.3 is 15.2 Å². The molecule has 1 aromatic carbocycles. The average Bonchev–Trinajstić information content (AvgIpc) is 3.41. The van der Waals surface area contributed by atoms with Crippen molar-refractivity contribution in [2.75, 3.05) is 7.05 Å². The van der Waals surface area contributed by atoms with Crippen LogP contribution in [0, 0.1) is 5.82 Å². The number of carbonyl (C=O) groups is 1. The largest absolute Gasteiger partial charge is 0.337 e. The summed E-state index contributed by atoms with van der Waals surface area (Å²) < 4.78 is 21.3. The highest BCUT2D eigenvalue weighted by atomic mass is 19.1. The van der Waals surface area contributed by atoms with Crippen molar-refractivity contribution in [3.63, 3.8) is 0 Å². The predicted octanol–water partition coefficient (Wildman–Crippen LogP) is 4.51. The van der Waals surface area contributed by atoms with Crippen LogP contribution in [0.3, 0.4) is 0 Å². The quantitative estimate of drug-likeness (QED) is 0.538. The van der Waals surface area contributed by atoms with Crippen LogP contribution in [0.25, 0.3) is 17.2 Å². The summed E-state index contributed by atoms with van der Waals surface area (Å²) in [6, 6.07) is 4.13. The molecule has 1 amide bonds. The third kappa shape index (κ3) is 4.43. The molecule has 0 bridgehead atoms. The van der Waals surface area contributed by atoms with E-state index < -0.39 is 11.4 Å². The van der Waals surface area contributed by atoms with E-state index in [2.05, 4.69) is 27.3 Å². The molecule has 34 heavy (non-hydrogen) atoms. The van der Waals surface area contributed by atoms with E-state index in [-0.39, 0.29) is 18.0 Å². The Labute approximate surface area is 198 Å². The maximum atomic E-state index is 13.9. The van der Waals surface area contributed by atoms with Crippen molar-refractivity contribution in [2.45, 2.75) is 52.6 Å². The smallest absolute Gasteiger partial charge is 0.256 e. The van der Waals surface area contributed by atoms with Crippen LogP contribution in [0.2, 0.25) is 0 Å². The zero-order valence-electron chi connectivity index (χ0n) is 20.1. The number of imidazole rings is 1. The minimum atomic E-state index is -0.868. The van der Waals surface area contributed by atoms with E-state index >= 15 is 0 Å². The molecule has 8 nitrogen and oxygen atoms in total. The summed E-state index contributed by atoms with van der Waals surface area (Å²) in [5, 5.41) is 4.19. The second-order valence-electron chi connectivity index (χ2n) is 9.28. The van der Waals surface area contributed by atoms with Crippen LogP contribution in [-0.2, 0) is 12.1 Å². The second-order valence-corrected chi connectivity index (χ2v) is 9.28. The number of hydrogen-bond donors (Lipinski definition) is 1. The fourth-order valence-corrected chi connectivity index (χ4v) is 3.86. The molecule has 0 aliphatic carbocycles. The lowest BCUT2D eigenvalue weighted by atomic mass is 9.90. The molecule has 0 spiro atoms. The fraction of sp³-hybridized carbons (Fsp3) is 0.360. The number of nitrogens with two attached hydrogens (primary N) is 1. The van der Waals surface area contributed by atoms with E-state index in [1.54, 1.807) is 24.0 Å². The highest BCUT2D eigenvalue weighted by Crippen LogP contribution is 2.32. The zero-order valence-corrected chi connectivity index (χ0v) is 20.1. The first-order valence-corrected chi connectivity index (χ1v) is 11.1. The molecule has 0 unspecified atom stereocenters. The Hall–Kier alpha value is -3.59. The first-order valence-electron chi connectivity index (χ1n) is 11.1. The fourth-order valence-electron chi connectivity index (χ4n) is 3.86. The SMILES string of the molecule is CC(C)=CCC(N)(CC=C(C)C)c1nc(-c2ncn3c2CN(C)C(=O)c2cc(F)ccc2-3)no1. The predicted molar refractivity (Wildman–Crippen MR) is 127 cm³/mol. The van der Waals surface area contributed by atoms with Crippen molar-refractivity contribution in [3.8, 4) is 17.2 Å². The van der Waals surface area contributed by atoms with Crippen LogP contribution in [0.5, 0.6) is 0 Å². The van der Waals surface area contributed by atoms with Crippen molar-refractivity contribution in [1.29, 1.82) is 0 Å². The van der Waals surface area contributed by atoms with Gasteiger partial charge in [-0.1, -0.05) is 28.5 Å². The van der Waals surface area contributed by atoms with Gasteiger partial charge in [0.1, 0.15) is 23.4 Å². The summed E-state index contributed by atoms with van der Waals surface area (Å²) in [5.41, 5.74) is 10.2. The summed E-state index contributed by atoms with van der Waals surface area (Å²) >= 11 is 0. The Balaban J connectivity index is 1.77. The van der Waals surface area contributed by atoms with E-state index in [0.717, 1.165) is 11.1 Å². The van der Waals surface area contributed by atoms with Crippen molar-refractivity contribution in [3.05, 3.63) is 70.8 Å². The van der Waals surface area contributed by atoms with Crippen molar-refractivity contribution >= 4 is 5.91 Å². The number of fused-ring (bicyclic) bond motifs is 3. The van der Waals surface area contributed by atoms with E-state index in [1.807, 2.05) is 27.7 Å². The third-order valence-corrected chi connectivity index (χ3v) is 5.86. The number of allylic oxidation sites excluding steroid dienone is 2. The Morgan fingerprint density at radius 3 is 2.53 bits per heavy atom. The van der Waals surface area contributed by atoms with E-state index in [0.29, 0.717) is 41.6 Å². The molecular formula is C25H29FN6O2. The molecule has 2 aromatic heterocycles. The molecule has 0 saturated carbocycles. The van der Waals surface area contributed by atoms with Gasteiger partial charge in [-0.15, -0.1) is 0 Å². The van der Waals surface area contributed by atoms with Gasteiger partial charge in [0.15, 0.2) is 0 Å². The summed E-state index contributed by atoms with van der Waals surface area (Å²) in [6.07, 6.45) is 6.78. The minimum absolute atomic E-state index is 0.248. The van der Waals surface area contributed by atoms with Gasteiger partial charge in [0.2, 0.25) is 11.7 Å². The lowest BCUT2D eigenvalue weighted by Gasteiger charge is -2.23. The number of aromatic nitrogens is 4. The maximum absolute atomic E-state index is 13.9. The Morgan fingerprint density at radius 1 is 1.21 bits per heavy atom. The van der Waals surface area contributed by atoms with Crippen molar-refractivity contribution in [1.82, 2.24) is 24.6 Å². The number of amides is 1. The first-order chi connectivity index (χ1) is 16.1. The average molecular weight is 465 g/mol. The van der Waals surface area contributed by atoms with Gasteiger partial charge in [-0.25, -0.2) is 9.37 Å². The molecule has 3 aromatic rings.